The quantitative estimate of drug-likeness (QED) is 0.245. The molecule has 0 unspecified atom stereocenters. The van der Waals surface area contributed by atoms with Gasteiger partial charge >= 0.3 is 0 Å². The minimum Gasteiger partial charge on any atom is -0.357 e. The monoisotopic (exact) mass is 452 g/mol. The number of halogens is 1. The molecule has 23 heavy (non-hydrogen) atoms. The van der Waals surface area contributed by atoms with E-state index in [0.717, 1.165) is 38.7 Å². The van der Waals surface area contributed by atoms with Gasteiger partial charge in [0.25, 0.3) is 0 Å². The number of aryl methyl sites for hydroxylation is 1. The Kier molecular flexibility index (Phi) is 13.8. The van der Waals surface area contributed by atoms with E-state index in [1.165, 1.54) is 29.8 Å². The fourth-order valence-corrected chi connectivity index (χ4v) is 3.10. The van der Waals surface area contributed by atoms with Crippen LogP contribution in [0, 0.1) is 6.92 Å². The van der Waals surface area contributed by atoms with Crippen LogP contribution in [0.5, 0.6) is 0 Å². The van der Waals surface area contributed by atoms with Gasteiger partial charge in [0, 0.05) is 18.0 Å². The lowest BCUT2D eigenvalue weighted by molar-refractivity contribution is 0.297. The molecule has 0 aliphatic rings. The first-order valence-electron chi connectivity index (χ1n) is 8.48. The van der Waals surface area contributed by atoms with Crippen LogP contribution in [0.4, 0.5) is 0 Å². The average molecular weight is 452 g/mol. The van der Waals surface area contributed by atoms with Gasteiger partial charge in [0.15, 0.2) is 5.96 Å². The Morgan fingerprint density at radius 3 is 2.48 bits per heavy atom. The molecule has 0 saturated heterocycles. The summed E-state index contributed by atoms with van der Waals surface area (Å²) in [6.45, 7) is 14.8. The number of hydrogen-bond donors (Lipinski definition) is 2. The summed E-state index contributed by atoms with van der Waals surface area (Å²) in [6, 6.07) is 2.16. The summed E-state index contributed by atoms with van der Waals surface area (Å²) in [6.07, 6.45) is 2.41. The number of nitrogens with zero attached hydrogens (tertiary/aromatic N) is 2. The fourth-order valence-electron chi connectivity index (χ4n) is 2.27. The Labute approximate surface area is 163 Å². The van der Waals surface area contributed by atoms with Gasteiger partial charge in [-0.05, 0) is 63.3 Å². The van der Waals surface area contributed by atoms with E-state index in [2.05, 4.69) is 59.7 Å². The molecule has 6 heteroatoms. The first kappa shape index (κ1) is 22.7. The van der Waals surface area contributed by atoms with Crippen molar-refractivity contribution >= 4 is 41.3 Å². The van der Waals surface area contributed by atoms with Crippen LogP contribution in [0.15, 0.2) is 16.4 Å². The molecule has 0 bridgehead atoms. The van der Waals surface area contributed by atoms with Crippen LogP contribution in [0.2, 0.25) is 0 Å². The third kappa shape index (κ3) is 9.52. The van der Waals surface area contributed by atoms with Crippen molar-refractivity contribution in [3.8, 4) is 0 Å². The minimum absolute atomic E-state index is 0. The second-order valence-electron chi connectivity index (χ2n) is 5.38. The van der Waals surface area contributed by atoms with Gasteiger partial charge in [-0.3, -0.25) is 0 Å². The van der Waals surface area contributed by atoms with E-state index in [0.29, 0.717) is 0 Å². The molecule has 0 amide bonds. The summed E-state index contributed by atoms with van der Waals surface area (Å²) in [4.78, 5) is 8.49. The van der Waals surface area contributed by atoms with Gasteiger partial charge in [-0.1, -0.05) is 13.8 Å². The predicted molar refractivity (Wildman–Crippen MR) is 114 cm³/mol. The topological polar surface area (TPSA) is 39.7 Å². The summed E-state index contributed by atoms with van der Waals surface area (Å²) in [5.74, 6) is 0.929. The first-order valence-corrected chi connectivity index (χ1v) is 9.36. The van der Waals surface area contributed by atoms with Gasteiger partial charge in [-0.25, -0.2) is 4.99 Å². The molecule has 1 heterocycles. The Hall–Kier alpha value is -0.340. The summed E-state index contributed by atoms with van der Waals surface area (Å²) in [7, 11) is 0. The Morgan fingerprint density at radius 1 is 1.17 bits per heavy atom. The molecule has 1 aromatic heterocycles. The number of unbranched alkanes of at least 4 members (excludes halogenated alkanes) is 1. The lowest BCUT2D eigenvalue weighted by atomic mass is 10.3. The smallest absolute Gasteiger partial charge is 0.191 e. The van der Waals surface area contributed by atoms with Gasteiger partial charge in [-0.2, -0.15) is 0 Å². The van der Waals surface area contributed by atoms with Crippen LogP contribution in [-0.2, 0) is 6.54 Å². The molecule has 0 fully saturated rings. The second kappa shape index (κ2) is 14.0. The second-order valence-corrected chi connectivity index (χ2v) is 6.38. The highest BCUT2D eigenvalue weighted by atomic mass is 127. The molecule has 0 spiro atoms. The molecule has 0 radical (unpaired) electrons. The maximum atomic E-state index is 4.68. The zero-order valence-electron chi connectivity index (χ0n) is 15.0. The first-order chi connectivity index (χ1) is 10.7. The molecule has 0 aliphatic carbocycles. The van der Waals surface area contributed by atoms with E-state index in [-0.39, 0.29) is 24.0 Å². The van der Waals surface area contributed by atoms with Crippen molar-refractivity contribution < 1.29 is 0 Å². The highest BCUT2D eigenvalue weighted by Gasteiger charge is 2.02. The molecule has 0 aliphatic heterocycles. The van der Waals surface area contributed by atoms with Gasteiger partial charge < -0.3 is 15.5 Å². The molecule has 1 aromatic rings. The average Bonchev–Trinajstić information content (AvgIpc) is 2.93. The summed E-state index contributed by atoms with van der Waals surface area (Å²) >= 11 is 1.78. The predicted octanol–water partition coefficient (Wildman–Crippen LogP) is 3.85. The molecule has 1 rings (SSSR count). The van der Waals surface area contributed by atoms with Crippen LogP contribution in [0.1, 0.15) is 44.1 Å². The molecule has 0 saturated carbocycles. The number of aliphatic imine (C=N–C) groups is 1. The summed E-state index contributed by atoms with van der Waals surface area (Å²) < 4.78 is 0. The van der Waals surface area contributed by atoms with Crippen molar-refractivity contribution in [3.63, 3.8) is 0 Å². The van der Waals surface area contributed by atoms with E-state index in [1.54, 1.807) is 11.3 Å². The zero-order chi connectivity index (χ0) is 16.2. The molecule has 0 atom stereocenters. The van der Waals surface area contributed by atoms with Crippen LogP contribution in [-0.4, -0.2) is 43.6 Å². The van der Waals surface area contributed by atoms with Gasteiger partial charge in [0.05, 0.1) is 6.54 Å². The molecule has 4 nitrogen and oxygen atoms in total. The van der Waals surface area contributed by atoms with Crippen LogP contribution in [0.25, 0.3) is 0 Å². The van der Waals surface area contributed by atoms with Crippen molar-refractivity contribution in [1.82, 2.24) is 15.5 Å². The van der Waals surface area contributed by atoms with E-state index in [4.69, 9.17) is 0 Å². The van der Waals surface area contributed by atoms with Crippen LogP contribution >= 0.6 is 35.3 Å². The Balaban J connectivity index is 0.00000484. The van der Waals surface area contributed by atoms with E-state index in [1.807, 2.05) is 0 Å². The zero-order valence-corrected chi connectivity index (χ0v) is 18.2. The number of nitrogens with one attached hydrogen (secondary N) is 2. The van der Waals surface area contributed by atoms with Crippen LogP contribution < -0.4 is 10.6 Å². The maximum Gasteiger partial charge on any atom is 0.191 e. The van der Waals surface area contributed by atoms with Gasteiger partial charge in [-0.15, -0.1) is 35.3 Å². The lowest BCUT2D eigenvalue weighted by Gasteiger charge is -2.18. The summed E-state index contributed by atoms with van der Waals surface area (Å²) in [5, 5.41) is 8.89. The lowest BCUT2D eigenvalue weighted by Crippen LogP contribution is -2.38. The molecule has 0 aromatic carbocycles. The third-order valence-corrected chi connectivity index (χ3v) is 4.79. The molecule has 134 valence electrons. The summed E-state index contributed by atoms with van der Waals surface area (Å²) in [5.41, 5.74) is 1.34. The van der Waals surface area contributed by atoms with Crippen LogP contribution in [0.3, 0.4) is 0 Å². The van der Waals surface area contributed by atoms with Gasteiger partial charge in [0.1, 0.15) is 0 Å². The number of rotatable bonds is 10. The maximum absolute atomic E-state index is 4.68. The van der Waals surface area contributed by atoms with E-state index >= 15 is 0 Å². The molecular weight excluding hydrogens is 419 g/mol. The Morgan fingerprint density at radius 2 is 1.91 bits per heavy atom. The van der Waals surface area contributed by atoms with Crippen molar-refractivity contribution in [2.24, 2.45) is 4.99 Å². The SMILES string of the molecule is CCNC(=NCc1sccc1C)NCCCCN(CC)CC.I. The Bertz CT molecular complexity index is 430. The highest BCUT2D eigenvalue weighted by Crippen LogP contribution is 2.16. The van der Waals surface area contributed by atoms with Gasteiger partial charge in [0.2, 0.25) is 0 Å². The highest BCUT2D eigenvalue weighted by molar-refractivity contribution is 14.0. The van der Waals surface area contributed by atoms with E-state index in [9.17, 15) is 0 Å². The van der Waals surface area contributed by atoms with Crippen molar-refractivity contribution in [3.05, 3.63) is 21.9 Å². The van der Waals surface area contributed by atoms with Crippen molar-refractivity contribution in [2.75, 3.05) is 32.7 Å². The number of hydrogen-bond acceptors (Lipinski definition) is 3. The standard InChI is InChI=1S/C17H32N4S.HI/c1-5-18-17(20-14-16-15(4)10-13-22-16)19-11-8-9-12-21(6-2)7-3;/h10,13H,5-9,11-12,14H2,1-4H3,(H2,18,19,20);1H. The minimum atomic E-state index is 0. The van der Waals surface area contributed by atoms with E-state index < -0.39 is 0 Å². The normalized spacial score (nSPS) is 11.4. The van der Waals surface area contributed by atoms with Crippen molar-refractivity contribution in [2.45, 2.75) is 47.1 Å². The third-order valence-electron chi connectivity index (χ3n) is 3.78. The molecule has 2 N–H and O–H groups in total. The van der Waals surface area contributed by atoms with Crippen molar-refractivity contribution in [1.29, 1.82) is 0 Å². The number of guanidine groups is 1. The number of thiophene rings is 1. The fraction of sp³-hybridized carbons (Fsp3) is 0.706. The largest absolute Gasteiger partial charge is 0.357 e. The molecular formula is C17H33IN4S.